The SMILES string of the molecule is CCc1csc(C2CCCN(C(=O)CNC(=O)C(C)CC)C2)n1. The summed E-state index contributed by atoms with van der Waals surface area (Å²) in [4.78, 5) is 30.7. The molecule has 2 amide bonds. The summed E-state index contributed by atoms with van der Waals surface area (Å²) in [5.74, 6) is 0.267. The van der Waals surface area contributed by atoms with Crippen LogP contribution >= 0.6 is 11.3 Å². The van der Waals surface area contributed by atoms with Gasteiger partial charge in [-0.1, -0.05) is 20.8 Å². The van der Waals surface area contributed by atoms with Gasteiger partial charge in [0, 0.05) is 30.3 Å². The van der Waals surface area contributed by atoms with Crippen LogP contribution in [0, 0.1) is 5.92 Å². The van der Waals surface area contributed by atoms with Gasteiger partial charge in [0.15, 0.2) is 0 Å². The van der Waals surface area contributed by atoms with Crippen molar-refractivity contribution in [3.8, 4) is 0 Å². The van der Waals surface area contributed by atoms with Gasteiger partial charge in [0.25, 0.3) is 0 Å². The Balaban J connectivity index is 1.87. The molecule has 0 bridgehead atoms. The van der Waals surface area contributed by atoms with E-state index in [-0.39, 0.29) is 24.3 Å². The summed E-state index contributed by atoms with van der Waals surface area (Å²) >= 11 is 1.70. The van der Waals surface area contributed by atoms with Crippen LogP contribution in [0.2, 0.25) is 0 Å². The molecule has 6 heteroatoms. The lowest BCUT2D eigenvalue weighted by Gasteiger charge is -2.32. The van der Waals surface area contributed by atoms with Gasteiger partial charge < -0.3 is 10.2 Å². The first-order valence-corrected chi connectivity index (χ1v) is 9.42. The number of thiazole rings is 1. The quantitative estimate of drug-likeness (QED) is 0.868. The molecule has 0 spiro atoms. The summed E-state index contributed by atoms with van der Waals surface area (Å²) in [6, 6.07) is 0. The molecule has 1 aliphatic rings. The summed E-state index contributed by atoms with van der Waals surface area (Å²) in [5, 5.41) is 6.01. The van der Waals surface area contributed by atoms with E-state index in [0.29, 0.717) is 12.5 Å². The first-order valence-electron chi connectivity index (χ1n) is 8.54. The molecule has 1 aromatic heterocycles. The number of piperidine rings is 1. The van der Waals surface area contributed by atoms with E-state index in [1.54, 1.807) is 11.3 Å². The van der Waals surface area contributed by atoms with E-state index >= 15 is 0 Å². The van der Waals surface area contributed by atoms with Gasteiger partial charge >= 0.3 is 0 Å². The second-order valence-electron chi connectivity index (χ2n) is 6.24. The third-order valence-corrected chi connectivity index (χ3v) is 5.58. The van der Waals surface area contributed by atoms with Crippen molar-refractivity contribution < 1.29 is 9.59 Å². The molecule has 1 fully saturated rings. The Morgan fingerprint density at radius 3 is 2.91 bits per heavy atom. The van der Waals surface area contributed by atoms with Crippen LogP contribution < -0.4 is 5.32 Å². The summed E-state index contributed by atoms with van der Waals surface area (Å²) in [6.45, 7) is 7.56. The summed E-state index contributed by atoms with van der Waals surface area (Å²) < 4.78 is 0. The van der Waals surface area contributed by atoms with E-state index in [9.17, 15) is 9.59 Å². The number of hydrogen-bond donors (Lipinski definition) is 1. The zero-order valence-corrected chi connectivity index (χ0v) is 15.1. The van der Waals surface area contributed by atoms with Crippen LogP contribution in [0.15, 0.2) is 5.38 Å². The van der Waals surface area contributed by atoms with E-state index in [0.717, 1.165) is 42.9 Å². The van der Waals surface area contributed by atoms with Crippen molar-refractivity contribution in [2.45, 2.75) is 52.4 Å². The number of hydrogen-bond acceptors (Lipinski definition) is 4. The molecule has 1 aromatic rings. The van der Waals surface area contributed by atoms with Gasteiger partial charge in [0.2, 0.25) is 11.8 Å². The Morgan fingerprint density at radius 1 is 1.48 bits per heavy atom. The largest absolute Gasteiger partial charge is 0.347 e. The second kappa shape index (κ2) is 8.43. The molecule has 0 aliphatic carbocycles. The monoisotopic (exact) mass is 337 g/mol. The molecule has 0 saturated carbocycles. The average Bonchev–Trinajstić information content (AvgIpc) is 3.07. The number of carbonyl (C=O) groups excluding carboxylic acids is 2. The predicted molar refractivity (Wildman–Crippen MR) is 92.5 cm³/mol. The van der Waals surface area contributed by atoms with Crippen LogP contribution in [0.4, 0.5) is 0 Å². The predicted octanol–water partition coefficient (Wildman–Crippen LogP) is 2.57. The number of aromatic nitrogens is 1. The maximum atomic E-state index is 12.3. The third-order valence-electron chi connectivity index (χ3n) is 4.53. The number of nitrogens with zero attached hydrogens (tertiary/aromatic N) is 2. The number of rotatable bonds is 6. The zero-order chi connectivity index (χ0) is 16.8. The van der Waals surface area contributed by atoms with Crippen molar-refractivity contribution in [3.05, 3.63) is 16.1 Å². The standard InChI is InChI=1S/C17H27N3O2S/c1-4-12(3)16(22)18-9-15(21)20-8-6-7-13(10-20)17-19-14(5-2)11-23-17/h11-13H,4-10H2,1-3H3,(H,18,22). The van der Waals surface area contributed by atoms with Gasteiger partial charge in [-0.2, -0.15) is 0 Å². The third kappa shape index (κ3) is 4.77. The van der Waals surface area contributed by atoms with E-state index in [4.69, 9.17) is 0 Å². The molecule has 2 unspecified atom stereocenters. The molecule has 5 nitrogen and oxygen atoms in total. The summed E-state index contributed by atoms with van der Waals surface area (Å²) in [7, 11) is 0. The van der Waals surface area contributed by atoms with Gasteiger partial charge in [-0.25, -0.2) is 4.98 Å². The molecule has 23 heavy (non-hydrogen) atoms. The lowest BCUT2D eigenvalue weighted by molar-refractivity contribution is -0.134. The smallest absolute Gasteiger partial charge is 0.241 e. The highest BCUT2D eigenvalue weighted by Gasteiger charge is 2.26. The molecule has 0 radical (unpaired) electrons. The second-order valence-corrected chi connectivity index (χ2v) is 7.13. The molecule has 1 aliphatic heterocycles. The first kappa shape index (κ1) is 17.9. The van der Waals surface area contributed by atoms with E-state index in [1.165, 1.54) is 0 Å². The van der Waals surface area contributed by atoms with Gasteiger partial charge in [-0.05, 0) is 25.7 Å². The normalized spacial score (nSPS) is 19.4. The molecular formula is C17H27N3O2S. The van der Waals surface area contributed by atoms with E-state index in [1.807, 2.05) is 18.7 Å². The molecule has 1 N–H and O–H groups in total. The highest BCUT2D eigenvalue weighted by molar-refractivity contribution is 7.09. The van der Waals surface area contributed by atoms with Crippen molar-refractivity contribution in [3.63, 3.8) is 0 Å². The van der Waals surface area contributed by atoms with Crippen LogP contribution in [0.5, 0.6) is 0 Å². The van der Waals surface area contributed by atoms with Crippen LogP contribution in [0.25, 0.3) is 0 Å². The Labute approximate surface area is 142 Å². The van der Waals surface area contributed by atoms with Crippen molar-refractivity contribution in [2.75, 3.05) is 19.6 Å². The lowest BCUT2D eigenvalue weighted by Crippen LogP contribution is -2.45. The zero-order valence-electron chi connectivity index (χ0n) is 14.3. The fourth-order valence-corrected chi connectivity index (χ4v) is 3.74. The minimum Gasteiger partial charge on any atom is -0.347 e. The van der Waals surface area contributed by atoms with Gasteiger partial charge in [-0.3, -0.25) is 9.59 Å². The maximum Gasteiger partial charge on any atom is 0.241 e. The fourth-order valence-electron chi connectivity index (χ4n) is 2.71. The van der Waals surface area contributed by atoms with Gasteiger partial charge in [0.1, 0.15) is 0 Å². The molecule has 128 valence electrons. The molecule has 2 heterocycles. The van der Waals surface area contributed by atoms with Crippen LogP contribution in [-0.4, -0.2) is 41.3 Å². The minimum atomic E-state index is -0.0420. The molecule has 0 aromatic carbocycles. The Morgan fingerprint density at radius 2 is 2.26 bits per heavy atom. The first-order chi connectivity index (χ1) is 11.0. The Bertz CT molecular complexity index is 544. The van der Waals surface area contributed by atoms with Gasteiger partial charge in [0.05, 0.1) is 17.2 Å². The molecule has 2 atom stereocenters. The molecule has 1 saturated heterocycles. The Kier molecular flexibility index (Phi) is 6.57. The van der Waals surface area contributed by atoms with Crippen LogP contribution in [0.3, 0.4) is 0 Å². The number of amides is 2. The fraction of sp³-hybridized carbons (Fsp3) is 0.706. The highest BCUT2D eigenvalue weighted by atomic mass is 32.1. The lowest BCUT2D eigenvalue weighted by atomic mass is 9.98. The Hall–Kier alpha value is -1.43. The van der Waals surface area contributed by atoms with E-state index in [2.05, 4.69) is 22.6 Å². The molecular weight excluding hydrogens is 310 g/mol. The number of likely N-dealkylation sites (tertiary alicyclic amines) is 1. The van der Waals surface area contributed by atoms with Crippen LogP contribution in [0.1, 0.15) is 56.7 Å². The van der Waals surface area contributed by atoms with Crippen molar-refractivity contribution in [1.82, 2.24) is 15.2 Å². The number of nitrogens with one attached hydrogen (secondary N) is 1. The number of aryl methyl sites for hydroxylation is 1. The van der Waals surface area contributed by atoms with Gasteiger partial charge in [-0.15, -0.1) is 11.3 Å². The van der Waals surface area contributed by atoms with Crippen molar-refractivity contribution >= 4 is 23.2 Å². The highest BCUT2D eigenvalue weighted by Crippen LogP contribution is 2.29. The molecule has 2 rings (SSSR count). The maximum absolute atomic E-state index is 12.3. The van der Waals surface area contributed by atoms with Crippen molar-refractivity contribution in [2.24, 2.45) is 5.92 Å². The number of carbonyl (C=O) groups is 2. The van der Waals surface area contributed by atoms with Crippen molar-refractivity contribution in [1.29, 1.82) is 0 Å². The average molecular weight is 337 g/mol. The summed E-state index contributed by atoms with van der Waals surface area (Å²) in [6.07, 6.45) is 3.82. The van der Waals surface area contributed by atoms with Crippen LogP contribution in [-0.2, 0) is 16.0 Å². The summed E-state index contributed by atoms with van der Waals surface area (Å²) in [5.41, 5.74) is 1.13. The van der Waals surface area contributed by atoms with E-state index < -0.39 is 0 Å². The minimum absolute atomic E-state index is 0.0126. The topological polar surface area (TPSA) is 62.3 Å².